The first-order valence-electron chi connectivity index (χ1n) is 5.07. The van der Waals surface area contributed by atoms with Gasteiger partial charge in [-0.15, -0.1) is 0 Å². The number of carbonyl (C=O) groups is 1. The second-order valence-corrected chi connectivity index (χ2v) is 4.45. The second kappa shape index (κ2) is 4.47. The number of Topliss-reactive ketones (excluding diaryl/α,β-unsaturated/α-hetero) is 1. The Balaban J connectivity index is 2.83. The maximum atomic E-state index is 11.6. The van der Waals surface area contributed by atoms with Gasteiger partial charge in [0, 0.05) is 12.8 Å². The molecule has 0 bridgehead atoms. The van der Waals surface area contributed by atoms with Gasteiger partial charge in [-0.25, -0.2) is 0 Å². The standard InChI is InChI=1S/C11H17NO3/c1-4-15-12-7-8-9(13)5-11(2,3)6-10(8)14/h7,13H,4-6H2,1-3H3. The number of hydrogen-bond acceptors (Lipinski definition) is 4. The Morgan fingerprint density at radius 3 is 2.73 bits per heavy atom. The van der Waals surface area contributed by atoms with E-state index in [1.54, 1.807) is 6.92 Å². The summed E-state index contributed by atoms with van der Waals surface area (Å²) in [5, 5.41) is 13.3. The summed E-state index contributed by atoms with van der Waals surface area (Å²) >= 11 is 0. The van der Waals surface area contributed by atoms with E-state index in [0.717, 1.165) is 0 Å². The van der Waals surface area contributed by atoms with Crippen molar-refractivity contribution >= 4 is 12.0 Å². The molecule has 0 aromatic carbocycles. The predicted octanol–water partition coefficient (Wildman–Crippen LogP) is 2.21. The zero-order chi connectivity index (χ0) is 11.5. The normalized spacial score (nSPS) is 21.1. The smallest absolute Gasteiger partial charge is 0.168 e. The number of hydrogen-bond donors (Lipinski definition) is 1. The summed E-state index contributed by atoms with van der Waals surface area (Å²) in [5.41, 5.74) is 0.118. The van der Waals surface area contributed by atoms with Crippen LogP contribution in [-0.2, 0) is 9.63 Å². The molecular weight excluding hydrogens is 194 g/mol. The van der Waals surface area contributed by atoms with Crippen molar-refractivity contribution in [1.82, 2.24) is 0 Å². The summed E-state index contributed by atoms with van der Waals surface area (Å²) in [7, 11) is 0. The fraction of sp³-hybridized carbons (Fsp3) is 0.636. The maximum Gasteiger partial charge on any atom is 0.168 e. The van der Waals surface area contributed by atoms with Crippen molar-refractivity contribution in [3.63, 3.8) is 0 Å². The van der Waals surface area contributed by atoms with Crippen LogP contribution < -0.4 is 0 Å². The molecule has 0 aliphatic heterocycles. The average molecular weight is 211 g/mol. The first kappa shape index (κ1) is 11.8. The minimum absolute atomic E-state index is 0.0767. The lowest BCUT2D eigenvalue weighted by Gasteiger charge is -2.28. The molecule has 0 saturated heterocycles. The molecule has 1 aliphatic carbocycles. The van der Waals surface area contributed by atoms with E-state index in [0.29, 0.717) is 19.4 Å². The molecule has 1 rings (SSSR count). The van der Waals surface area contributed by atoms with Crippen LogP contribution in [-0.4, -0.2) is 23.7 Å². The molecule has 0 unspecified atom stereocenters. The third kappa shape index (κ3) is 3.08. The van der Waals surface area contributed by atoms with Gasteiger partial charge in [-0.2, -0.15) is 0 Å². The van der Waals surface area contributed by atoms with Gasteiger partial charge < -0.3 is 9.94 Å². The number of oxime groups is 1. The molecule has 84 valence electrons. The van der Waals surface area contributed by atoms with Gasteiger partial charge in [-0.05, 0) is 12.3 Å². The zero-order valence-electron chi connectivity index (χ0n) is 9.41. The number of nitrogens with zero attached hydrogens (tertiary/aromatic N) is 1. The fourth-order valence-electron chi connectivity index (χ4n) is 1.61. The lowest BCUT2D eigenvalue weighted by atomic mass is 9.77. The number of aliphatic hydroxyl groups excluding tert-OH is 1. The maximum absolute atomic E-state index is 11.6. The quantitative estimate of drug-likeness (QED) is 0.575. The largest absolute Gasteiger partial charge is 0.511 e. The summed E-state index contributed by atoms with van der Waals surface area (Å²) in [4.78, 5) is 16.4. The highest BCUT2D eigenvalue weighted by atomic mass is 16.6. The zero-order valence-corrected chi connectivity index (χ0v) is 9.41. The lowest BCUT2D eigenvalue weighted by Crippen LogP contribution is -2.26. The van der Waals surface area contributed by atoms with Gasteiger partial charge in [0.05, 0.1) is 11.8 Å². The van der Waals surface area contributed by atoms with Crippen molar-refractivity contribution in [2.75, 3.05) is 6.61 Å². The van der Waals surface area contributed by atoms with Gasteiger partial charge in [-0.1, -0.05) is 19.0 Å². The monoisotopic (exact) mass is 211 g/mol. The van der Waals surface area contributed by atoms with E-state index in [1.165, 1.54) is 6.21 Å². The molecule has 0 amide bonds. The van der Waals surface area contributed by atoms with Gasteiger partial charge in [0.1, 0.15) is 12.4 Å². The Labute approximate surface area is 89.6 Å². The fourth-order valence-corrected chi connectivity index (χ4v) is 1.61. The van der Waals surface area contributed by atoms with Crippen LogP contribution >= 0.6 is 0 Å². The summed E-state index contributed by atoms with van der Waals surface area (Å²) in [6.45, 7) is 6.16. The van der Waals surface area contributed by atoms with Crippen molar-refractivity contribution in [1.29, 1.82) is 0 Å². The van der Waals surface area contributed by atoms with Crippen molar-refractivity contribution in [2.24, 2.45) is 10.6 Å². The van der Waals surface area contributed by atoms with Crippen molar-refractivity contribution in [3.8, 4) is 0 Å². The van der Waals surface area contributed by atoms with E-state index >= 15 is 0 Å². The summed E-state index contributed by atoms with van der Waals surface area (Å²) in [6.07, 6.45) is 2.24. The topological polar surface area (TPSA) is 58.9 Å². The molecule has 1 N–H and O–H groups in total. The van der Waals surface area contributed by atoms with Crippen LogP contribution in [0.15, 0.2) is 16.5 Å². The van der Waals surface area contributed by atoms with Crippen LogP contribution in [0.1, 0.15) is 33.6 Å². The Morgan fingerprint density at radius 2 is 2.20 bits per heavy atom. The highest BCUT2D eigenvalue weighted by molar-refractivity contribution is 6.14. The molecule has 4 nitrogen and oxygen atoms in total. The number of rotatable bonds is 3. The van der Waals surface area contributed by atoms with Crippen molar-refractivity contribution in [3.05, 3.63) is 11.3 Å². The SMILES string of the molecule is CCON=CC1=C(O)CC(C)(C)CC1=O. The van der Waals surface area contributed by atoms with Crippen LogP contribution in [0.3, 0.4) is 0 Å². The first-order chi connectivity index (χ1) is 6.96. The first-order valence-corrected chi connectivity index (χ1v) is 5.07. The van der Waals surface area contributed by atoms with E-state index in [4.69, 9.17) is 4.84 Å². The molecule has 0 aromatic rings. The van der Waals surface area contributed by atoms with E-state index in [2.05, 4.69) is 5.16 Å². The minimum atomic E-state index is -0.163. The Hall–Kier alpha value is -1.32. The molecule has 0 saturated carbocycles. The molecule has 0 atom stereocenters. The number of allylic oxidation sites excluding steroid dienone is 2. The summed E-state index contributed by atoms with van der Waals surface area (Å²) in [6, 6.07) is 0. The van der Waals surface area contributed by atoms with Gasteiger partial charge in [0.25, 0.3) is 0 Å². The third-order valence-corrected chi connectivity index (χ3v) is 2.28. The molecule has 0 radical (unpaired) electrons. The van der Waals surface area contributed by atoms with Crippen LogP contribution in [0.25, 0.3) is 0 Å². The molecular formula is C11H17NO3. The number of carbonyl (C=O) groups excluding carboxylic acids is 1. The second-order valence-electron chi connectivity index (χ2n) is 4.45. The number of ketones is 1. The third-order valence-electron chi connectivity index (χ3n) is 2.28. The Morgan fingerprint density at radius 1 is 1.53 bits per heavy atom. The molecule has 0 spiro atoms. The van der Waals surface area contributed by atoms with Crippen LogP contribution in [0.2, 0.25) is 0 Å². The summed E-state index contributed by atoms with van der Waals surface area (Å²) in [5.74, 6) is 0.0342. The van der Waals surface area contributed by atoms with E-state index in [1.807, 2.05) is 13.8 Å². The van der Waals surface area contributed by atoms with Crippen LogP contribution in [0, 0.1) is 5.41 Å². The molecule has 0 fully saturated rings. The Kier molecular flexibility index (Phi) is 3.50. The average Bonchev–Trinajstić information content (AvgIpc) is 2.08. The number of aliphatic hydroxyl groups is 1. The molecule has 0 aromatic heterocycles. The van der Waals surface area contributed by atoms with Gasteiger partial charge in [0.15, 0.2) is 5.78 Å². The lowest BCUT2D eigenvalue weighted by molar-refractivity contribution is -0.117. The van der Waals surface area contributed by atoms with E-state index in [-0.39, 0.29) is 22.5 Å². The van der Waals surface area contributed by atoms with Gasteiger partial charge in [0.2, 0.25) is 0 Å². The Bertz CT molecular complexity index is 316. The summed E-state index contributed by atoms with van der Waals surface area (Å²) < 4.78 is 0. The van der Waals surface area contributed by atoms with Gasteiger partial charge in [-0.3, -0.25) is 4.79 Å². The van der Waals surface area contributed by atoms with Crippen LogP contribution in [0.5, 0.6) is 0 Å². The van der Waals surface area contributed by atoms with Crippen molar-refractivity contribution in [2.45, 2.75) is 33.6 Å². The van der Waals surface area contributed by atoms with Crippen molar-refractivity contribution < 1.29 is 14.7 Å². The predicted molar refractivity (Wildman–Crippen MR) is 57.8 cm³/mol. The van der Waals surface area contributed by atoms with E-state index < -0.39 is 0 Å². The van der Waals surface area contributed by atoms with Gasteiger partial charge >= 0.3 is 0 Å². The molecule has 15 heavy (non-hydrogen) atoms. The van der Waals surface area contributed by atoms with E-state index in [9.17, 15) is 9.90 Å². The molecule has 0 heterocycles. The minimum Gasteiger partial charge on any atom is -0.511 e. The van der Waals surface area contributed by atoms with Crippen LogP contribution in [0.4, 0.5) is 0 Å². The molecule has 4 heteroatoms. The highest BCUT2D eigenvalue weighted by Crippen LogP contribution is 2.34. The molecule has 1 aliphatic rings. The highest BCUT2D eigenvalue weighted by Gasteiger charge is 2.32.